The fraction of sp³-hybridized carbons (Fsp3) is 0.727. The van der Waals surface area contributed by atoms with Crippen LogP contribution >= 0.6 is 0 Å². The summed E-state index contributed by atoms with van der Waals surface area (Å²) >= 11 is 0. The fourth-order valence-electron chi connectivity index (χ4n) is 2.04. The van der Waals surface area contributed by atoms with Crippen molar-refractivity contribution in [2.45, 2.75) is 32.2 Å². The summed E-state index contributed by atoms with van der Waals surface area (Å²) in [6.45, 7) is 6.13. The fourth-order valence-corrected chi connectivity index (χ4v) is 2.04. The van der Waals surface area contributed by atoms with Gasteiger partial charge in [0, 0.05) is 18.0 Å². The molecule has 4 heteroatoms. The summed E-state index contributed by atoms with van der Waals surface area (Å²) in [5, 5.41) is 14.9. The van der Waals surface area contributed by atoms with Crippen LogP contribution in [0.15, 0.2) is 12.7 Å². The molecule has 3 N–H and O–H groups in total. The molecule has 1 aliphatic rings. The summed E-state index contributed by atoms with van der Waals surface area (Å²) in [6.07, 6.45) is 4.61. The topological polar surface area (TPSA) is 61.4 Å². The summed E-state index contributed by atoms with van der Waals surface area (Å²) in [7, 11) is 0. The third kappa shape index (κ3) is 2.96. The van der Waals surface area contributed by atoms with E-state index in [9.17, 15) is 9.90 Å². The number of aliphatic hydroxyl groups is 1. The van der Waals surface area contributed by atoms with Crippen LogP contribution < -0.4 is 10.6 Å². The van der Waals surface area contributed by atoms with Gasteiger partial charge in [-0.15, -0.1) is 6.58 Å². The molecule has 0 spiro atoms. The molecule has 2 amide bonds. The van der Waals surface area contributed by atoms with Gasteiger partial charge in [-0.2, -0.15) is 0 Å². The van der Waals surface area contributed by atoms with Gasteiger partial charge in [0.15, 0.2) is 0 Å². The van der Waals surface area contributed by atoms with Gasteiger partial charge in [-0.3, -0.25) is 0 Å². The number of aliphatic hydroxyl groups excluding tert-OH is 1. The van der Waals surface area contributed by atoms with E-state index >= 15 is 0 Å². The molecule has 0 aromatic heterocycles. The maximum atomic E-state index is 11.4. The van der Waals surface area contributed by atoms with E-state index in [-0.39, 0.29) is 24.1 Å². The Morgan fingerprint density at radius 1 is 1.73 bits per heavy atom. The molecular weight excluding hydrogens is 192 g/mol. The monoisotopic (exact) mass is 212 g/mol. The SMILES string of the molecule is C=CCNC(=O)N[C@@H]1CCC[C@@]1(C)CO. The van der Waals surface area contributed by atoms with Crippen molar-refractivity contribution in [1.82, 2.24) is 10.6 Å². The summed E-state index contributed by atoms with van der Waals surface area (Å²) in [5.74, 6) is 0. The zero-order valence-corrected chi connectivity index (χ0v) is 9.25. The quantitative estimate of drug-likeness (QED) is 0.609. The molecule has 15 heavy (non-hydrogen) atoms. The van der Waals surface area contributed by atoms with Crippen molar-refractivity contribution >= 4 is 6.03 Å². The van der Waals surface area contributed by atoms with Crippen LogP contribution in [-0.4, -0.2) is 30.3 Å². The van der Waals surface area contributed by atoms with Crippen molar-refractivity contribution in [3.63, 3.8) is 0 Å². The molecule has 2 atom stereocenters. The van der Waals surface area contributed by atoms with Crippen LogP contribution in [0.25, 0.3) is 0 Å². The maximum absolute atomic E-state index is 11.4. The first kappa shape index (κ1) is 12.0. The van der Waals surface area contributed by atoms with Crippen LogP contribution in [0.2, 0.25) is 0 Å². The summed E-state index contributed by atoms with van der Waals surface area (Å²) in [4.78, 5) is 11.4. The number of rotatable bonds is 4. The first-order valence-electron chi connectivity index (χ1n) is 5.38. The predicted octanol–water partition coefficient (Wildman–Crippen LogP) is 1.02. The first-order valence-corrected chi connectivity index (χ1v) is 5.38. The predicted molar refractivity (Wildman–Crippen MR) is 59.6 cm³/mol. The molecule has 1 rings (SSSR count). The number of hydrogen-bond donors (Lipinski definition) is 3. The zero-order valence-electron chi connectivity index (χ0n) is 9.25. The minimum Gasteiger partial charge on any atom is -0.396 e. The lowest BCUT2D eigenvalue weighted by molar-refractivity contribution is 0.121. The average molecular weight is 212 g/mol. The largest absolute Gasteiger partial charge is 0.396 e. The lowest BCUT2D eigenvalue weighted by Crippen LogP contribution is -2.48. The van der Waals surface area contributed by atoms with Crippen LogP contribution in [0.1, 0.15) is 26.2 Å². The van der Waals surface area contributed by atoms with Gasteiger partial charge in [0.25, 0.3) is 0 Å². The lowest BCUT2D eigenvalue weighted by Gasteiger charge is -2.29. The number of hydrogen-bond acceptors (Lipinski definition) is 2. The molecule has 4 nitrogen and oxygen atoms in total. The van der Waals surface area contributed by atoms with E-state index in [1.807, 2.05) is 6.92 Å². The molecule has 1 saturated carbocycles. The standard InChI is InChI=1S/C11H20N2O2/c1-3-7-12-10(15)13-9-5-4-6-11(9,2)8-14/h3,9,14H,1,4-8H2,2H3,(H2,12,13,15)/t9-,11+/m1/s1. The van der Waals surface area contributed by atoms with E-state index in [0.717, 1.165) is 19.3 Å². The highest BCUT2D eigenvalue weighted by Gasteiger charge is 2.38. The molecule has 0 aromatic rings. The van der Waals surface area contributed by atoms with E-state index in [2.05, 4.69) is 17.2 Å². The van der Waals surface area contributed by atoms with Crippen LogP contribution in [0.4, 0.5) is 4.79 Å². The number of urea groups is 1. The van der Waals surface area contributed by atoms with Crippen LogP contribution in [-0.2, 0) is 0 Å². The average Bonchev–Trinajstić information content (AvgIpc) is 2.58. The van der Waals surface area contributed by atoms with Crippen molar-refractivity contribution in [2.75, 3.05) is 13.2 Å². The van der Waals surface area contributed by atoms with E-state index in [1.54, 1.807) is 6.08 Å². The normalized spacial score (nSPS) is 29.9. The van der Waals surface area contributed by atoms with Gasteiger partial charge in [0.2, 0.25) is 0 Å². The second-order valence-corrected chi connectivity index (χ2v) is 4.40. The lowest BCUT2D eigenvalue weighted by atomic mass is 9.86. The van der Waals surface area contributed by atoms with Gasteiger partial charge in [-0.05, 0) is 12.8 Å². The van der Waals surface area contributed by atoms with E-state index < -0.39 is 0 Å². The van der Waals surface area contributed by atoms with Crippen LogP contribution in [0.5, 0.6) is 0 Å². The Morgan fingerprint density at radius 3 is 3.07 bits per heavy atom. The first-order chi connectivity index (χ1) is 7.12. The number of amides is 2. The van der Waals surface area contributed by atoms with Crippen LogP contribution in [0.3, 0.4) is 0 Å². The number of carbonyl (C=O) groups is 1. The molecule has 86 valence electrons. The Hall–Kier alpha value is -1.03. The highest BCUT2D eigenvalue weighted by atomic mass is 16.3. The molecule has 1 fully saturated rings. The number of nitrogens with one attached hydrogen (secondary N) is 2. The Bertz CT molecular complexity index is 243. The van der Waals surface area contributed by atoms with Gasteiger partial charge >= 0.3 is 6.03 Å². The molecule has 1 aliphatic carbocycles. The van der Waals surface area contributed by atoms with Crippen molar-refractivity contribution in [2.24, 2.45) is 5.41 Å². The van der Waals surface area contributed by atoms with Gasteiger partial charge < -0.3 is 15.7 Å². The van der Waals surface area contributed by atoms with Crippen molar-refractivity contribution in [1.29, 1.82) is 0 Å². The molecule has 0 saturated heterocycles. The Balaban J connectivity index is 2.43. The maximum Gasteiger partial charge on any atom is 0.315 e. The molecule has 0 aliphatic heterocycles. The summed E-state index contributed by atoms with van der Waals surface area (Å²) in [5.41, 5.74) is -0.161. The van der Waals surface area contributed by atoms with Gasteiger partial charge in [-0.1, -0.05) is 19.4 Å². The van der Waals surface area contributed by atoms with Gasteiger partial charge in [-0.25, -0.2) is 4.79 Å². The van der Waals surface area contributed by atoms with Crippen LogP contribution in [0, 0.1) is 5.41 Å². The van der Waals surface area contributed by atoms with E-state index in [0.29, 0.717) is 6.54 Å². The summed E-state index contributed by atoms with van der Waals surface area (Å²) < 4.78 is 0. The smallest absolute Gasteiger partial charge is 0.315 e. The second kappa shape index (κ2) is 5.16. The number of carbonyl (C=O) groups excluding carboxylic acids is 1. The summed E-state index contributed by atoms with van der Waals surface area (Å²) in [6, 6.07) is -0.103. The van der Waals surface area contributed by atoms with E-state index in [1.165, 1.54) is 0 Å². The Kier molecular flexibility index (Phi) is 4.15. The minimum atomic E-state index is -0.179. The zero-order chi connectivity index (χ0) is 11.3. The third-order valence-electron chi connectivity index (χ3n) is 3.16. The van der Waals surface area contributed by atoms with Gasteiger partial charge in [0.1, 0.15) is 0 Å². The molecule has 0 unspecified atom stereocenters. The highest BCUT2D eigenvalue weighted by Crippen LogP contribution is 2.37. The van der Waals surface area contributed by atoms with Crippen molar-refractivity contribution < 1.29 is 9.90 Å². The molecule has 0 heterocycles. The Labute approximate surface area is 90.7 Å². The highest BCUT2D eigenvalue weighted by molar-refractivity contribution is 5.74. The molecule has 0 radical (unpaired) electrons. The van der Waals surface area contributed by atoms with E-state index in [4.69, 9.17) is 0 Å². The third-order valence-corrected chi connectivity index (χ3v) is 3.16. The Morgan fingerprint density at radius 2 is 2.47 bits per heavy atom. The molecule has 0 aromatic carbocycles. The minimum absolute atomic E-state index is 0.0762. The molecule has 0 bridgehead atoms. The van der Waals surface area contributed by atoms with Gasteiger partial charge in [0.05, 0.1) is 6.61 Å². The molecular formula is C11H20N2O2. The van der Waals surface area contributed by atoms with Crippen molar-refractivity contribution in [3.8, 4) is 0 Å². The second-order valence-electron chi connectivity index (χ2n) is 4.40. The van der Waals surface area contributed by atoms with Crippen molar-refractivity contribution in [3.05, 3.63) is 12.7 Å².